The molecule has 1 aromatic carbocycles. The summed E-state index contributed by atoms with van der Waals surface area (Å²) in [5.41, 5.74) is -2.84. The number of amides is 2. The largest absolute Gasteiger partial charge is 0.417 e. The summed E-state index contributed by atoms with van der Waals surface area (Å²) in [5, 5.41) is 1.97. The number of carbonyl (C=O) groups is 2. The summed E-state index contributed by atoms with van der Waals surface area (Å²) in [4.78, 5) is 25.1. The van der Waals surface area contributed by atoms with Crippen LogP contribution in [0.3, 0.4) is 0 Å². The summed E-state index contributed by atoms with van der Waals surface area (Å²) in [5.74, 6) is -3.14. The van der Waals surface area contributed by atoms with E-state index in [1.165, 1.54) is 6.08 Å². The summed E-state index contributed by atoms with van der Waals surface area (Å²) in [7, 11) is 0. The van der Waals surface area contributed by atoms with E-state index >= 15 is 0 Å². The van der Waals surface area contributed by atoms with Crippen molar-refractivity contribution in [2.75, 3.05) is 6.54 Å². The van der Waals surface area contributed by atoms with Crippen LogP contribution in [0.1, 0.15) is 11.1 Å². The van der Waals surface area contributed by atoms with Crippen molar-refractivity contribution in [3.8, 4) is 0 Å². The van der Waals surface area contributed by atoms with Crippen LogP contribution in [-0.4, -0.2) is 28.4 Å². The molecule has 0 saturated carbocycles. The SMILES string of the molecule is C=CCN1C(=O)/C(=C/c2c(F)cccc2C(F)(F)F)C(=O)NC1=S. The van der Waals surface area contributed by atoms with Gasteiger partial charge in [-0.25, -0.2) is 4.39 Å². The van der Waals surface area contributed by atoms with E-state index in [1.54, 1.807) is 0 Å². The Balaban J connectivity index is 2.58. The number of rotatable bonds is 3. The predicted octanol–water partition coefficient (Wildman–Crippen LogP) is 2.66. The number of hydrogen-bond donors (Lipinski definition) is 1. The van der Waals surface area contributed by atoms with Gasteiger partial charge in [-0.15, -0.1) is 6.58 Å². The third-order valence-electron chi connectivity index (χ3n) is 3.14. The third-order valence-corrected chi connectivity index (χ3v) is 3.47. The van der Waals surface area contributed by atoms with Crippen LogP contribution in [0.15, 0.2) is 36.4 Å². The molecule has 0 unspecified atom stereocenters. The minimum absolute atomic E-state index is 0.0569. The molecular formula is C15H10F4N2O2S. The fourth-order valence-corrected chi connectivity index (χ4v) is 2.31. The summed E-state index contributed by atoms with van der Waals surface area (Å²) in [6.45, 7) is 3.36. The van der Waals surface area contributed by atoms with Crippen LogP contribution in [0.5, 0.6) is 0 Å². The first kappa shape index (κ1) is 17.8. The van der Waals surface area contributed by atoms with E-state index in [2.05, 4.69) is 11.9 Å². The fourth-order valence-electron chi connectivity index (χ4n) is 2.06. The molecule has 1 fully saturated rings. The van der Waals surface area contributed by atoms with Crippen molar-refractivity contribution < 1.29 is 27.2 Å². The average molecular weight is 358 g/mol. The van der Waals surface area contributed by atoms with Gasteiger partial charge in [-0.1, -0.05) is 12.1 Å². The topological polar surface area (TPSA) is 49.4 Å². The molecule has 0 radical (unpaired) electrons. The van der Waals surface area contributed by atoms with E-state index in [1.807, 2.05) is 0 Å². The van der Waals surface area contributed by atoms with Crippen molar-refractivity contribution in [1.29, 1.82) is 0 Å². The minimum Gasteiger partial charge on any atom is -0.298 e. The Bertz CT molecular complexity index is 771. The van der Waals surface area contributed by atoms with E-state index in [9.17, 15) is 27.2 Å². The number of carbonyl (C=O) groups excluding carboxylic acids is 2. The third kappa shape index (κ3) is 3.35. The van der Waals surface area contributed by atoms with E-state index in [4.69, 9.17) is 12.2 Å². The van der Waals surface area contributed by atoms with Crippen LogP contribution in [0.2, 0.25) is 0 Å². The molecule has 1 heterocycles. The summed E-state index contributed by atoms with van der Waals surface area (Å²) in [6.07, 6.45) is -2.95. The molecule has 1 aliphatic rings. The van der Waals surface area contributed by atoms with E-state index in [0.29, 0.717) is 12.1 Å². The lowest BCUT2D eigenvalue weighted by Gasteiger charge is -2.28. The van der Waals surface area contributed by atoms with Gasteiger partial charge < -0.3 is 0 Å². The molecule has 0 aliphatic carbocycles. The van der Waals surface area contributed by atoms with Gasteiger partial charge in [-0.05, 0) is 30.4 Å². The maximum atomic E-state index is 13.9. The molecule has 4 nitrogen and oxygen atoms in total. The van der Waals surface area contributed by atoms with Crippen molar-refractivity contribution in [2.24, 2.45) is 0 Å². The van der Waals surface area contributed by atoms with Gasteiger partial charge in [-0.2, -0.15) is 13.2 Å². The van der Waals surface area contributed by atoms with Crippen LogP contribution in [0.4, 0.5) is 17.6 Å². The lowest BCUT2D eigenvalue weighted by molar-refractivity contribution is -0.138. The Morgan fingerprint density at radius 3 is 2.54 bits per heavy atom. The maximum Gasteiger partial charge on any atom is 0.417 e. The van der Waals surface area contributed by atoms with E-state index < -0.39 is 40.5 Å². The van der Waals surface area contributed by atoms with Crippen LogP contribution in [0.25, 0.3) is 6.08 Å². The highest BCUT2D eigenvalue weighted by Crippen LogP contribution is 2.34. The first-order valence-corrected chi connectivity index (χ1v) is 6.93. The molecule has 1 saturated heterocycles. The predicted molar refractivity (Wildman–Crippen MR) is 82.0 cm³/mol. The molecule has 2 rings (SSSR count). The Labute approximate surface area is 139 Å². The van der Waals surface area contributed by atoms with Gasteiger partial charge in [0, 0.05) is 12.1 Å². The highest BCUT2D eigenvalue weighted by molar-refractivity contribution is 7.80. The van der Waals surface area contributed by atoms with Crippen molar-refractivity contribution in [1.82, 2.24) is 10.2 Å². The molecule has 0 atom stereocenters. The van der Waals surface area contributed by atoms with Crippen LogP contribution in [-0.2, 0) is 15.8 Å². The molecule has 0 bridgehead atoms. The first-order chi connectivity index (χ1) is 11.2. The second kappa shape index (κ2) is 6.52. The Morgan fingerprint density at radius 1 is 1.29 bits per heavy atom. The highest BCUT2D eigenvalue weighted by Gasteiger charge is 2.37. The summed E-state index contributed by atoms with van der Waals surface area (Å²) in [6, 6.07) is 2.36. The molecule has 2 amide bonds. The standard InChI is InChI=1S/C15H10F4N2O2S/c1-2-6-21-13(23)9(12(22)20-14(21)24)7-8-10(15(17,18)19)4-3-5-11(8)16/h2-5,7H,1,6H2,(H,20,22,24)/b9-7+. The normalized spacial score (nSPS) is 17.2. The average Bonchev–Trinajstić information content (AvgIpc) is 2.48. The fraction of sp³-hybridized carbons (Fsp3) is 0.133. The monoisotopic (exact) mass is 358 g/mol. The van der Waals surface area contributed by atoms with Crippen LogP contribution < -0.4 is 5.32 Å². The van der Waals surface area contributed by atoms with Gasteiger partial charge in [0.1, 0.15) is 11.4 Å². The van der Waals surface area contributed by atoms with Gasteiger partial charge in [0.25, 0.3) is 11.8 Å². The molecule has 24 heavy (non-hydrogen) atoms. The lowest BCUT2D eigenvalue weighted by atomic mass is 10.0. The first-order valence-electron chi connectivity index (χ1n) is 6.52. The molecule has 1 aromatic rings. The molecule has 9 heteroatoms. The number of alkyl halides is 3. The zero-order valence-electron chi connectivity index (χ0n) is 12.0. The lowest BCUT2D eigenvalue weighted by Crippen LogP contribution is -2.53. The number of nitrogens with zero attached hydrogens (tertiary/aromatic N) is 1. The molecule has 0 aromatic heterocycles. The van der Waals surface area contributed by atoms with E-state index in [-0.39, 0.29) is 11.7 Å². The number of halogens is 4. The molecule has 0 spiro atoms. The Morgan fingerprint density at radius 2 is 1.96 bits per heavy atom. The zero-order chi connectivity index (χ0) is 18.1. The second-order valence-electron chi connectivity index (χ2n) is 4.72. The quantitative estimate of drug-likeness (QED) is 0.297. The minimum atomic E-state index is -4.85. The zero-order valence-corrected chi connectivity index (χ0v) is 12.8. The van der Waals surface area contributed by atoms with Crippen molar-refractivity contribution in [2.45, 2.75) is 6.18 Å². The number of hydrogen-bond acceptors (Lipinski definition) is 3. The second-order valence-corrected chi connectivity index (χ2v) is 5.11. The van der Waals surface area contributed by atoms with Gasteiger partial charge >= 0.3 is 6.18 Å². The highest BCUT2D eigenvalue weighted by atomic mass is 32.1. The Hall–Kier alpha value is -2.55. The van der Waals surface area contributed by atoms with Gasteiger partial charge in [-0.3, -0.25) is 19.8 Å². The van der Waals surface area contributed by atoms with Gasteiger partial charge in [0.15, 0.2) is 5.11 Å². The Kier molecular flexibility index (Phi) is 4.83. The number of thiocarbonyl (C=S) groups is 1. The van der Waals surface area contributed by atoms with Crippen molar-refractivity contribution in [3.63, 3.8) is 0 Å². The number of nitrogens with one attached hydrogen (secondary N) is 1. The van der Waals surface area contributed by atoms with Crippen molar-refractivity contribution >= 4 is 35.2 Å². The van der Waals surface area contributed by atoms with Crippen LogP contribution >= 0.6 is 12.2 Å². The smallest absolute Gasteiger partial charge is 0.298 e. The number of benzene rings is 1. The maximum absolute atomic E-state index is 13.9. The van der Waals surface area contributed by atoms with Gasteiger partial charge in [0.05, 0.1) is 5.56 Å². The molecule has 1 aliphatic heterocycles. The molecule has 1 N–H and O–H groups in total. The van der Waals surface area contributed by atoms with Crippen LogP contribution in [0, 0.1) is 5.82 Å². The van der Waals surface area contributed by atoms with E-state index in [0.717, 1.165) is 17.0 Å². The van der Waals surface area contributed by atoms with Gasteiger partial charge in [0.2, 0.25) is 0 Å². The molecule has 126 valence electrons. The summed E-state index contributed by atoms with van der Waals surface area (Å²) < 4.78 is 52.9. The molecular weight excluding hydrogens is 348 g/mol. The summed E-state index contributed by atoms with van der Waals surface area (Å²) >= 11 is 4.82. The van der Waals surface area contributed by atoms with Crippen molar-refractivity contribution in [3.05, 3.63) is 53.4 Å².